The number of carbonyl (C=O) groups is 1. The quantitative estimate of drug-likeness (QED) is 0.925. The maximum Gasteiger partial charge on any atom is 0.257 e. The molecule has 0 aromatic heterocycles. The fourth-order valence-corrected chi connectivity index (χ4v) is 2.99. The van der Waals surface area contributed by atoms with Crippen molar-refractivity contribution >= 4 is 5.91 Å². The third-order valence-electron chi connectivity index (χ3n) is 4.43. The summed E-state index contributed by atoms with van der Waals surface area (Å²) in [4.78, 5) is 16.0. The summed E-state index contributed by atoms with van der Waals surface area (Å²) in [6.45, 7) is 2.45. The van der Waals surface area contributed by atoms with E-state index < -0.39 is 23.6 Å². The summed E-state index contributed by atoms with van der Waals surface area (Å²) < 4.78 is 27.0. The molecule has 1 aliphatic rings. The van der Waals surface area contributed by atoms with Crippen LogP contribution >= 0.6 is 0 Å². The van der Waals surface area contributed by atoms with Gasteiger partial charge in [0, 0.05) is 32.7 Å². The number of amides is 1. The summed E-state index contributed by atoms with van der Waals surface area (Å²) in [6, 6.07) is 12.3. The third kappa shape index (κ3) is 4.21. The molecule has 6 heteroatoms. The van der Waals surface area contributed by atoms with E-state index in [1.165, 1.54) is 4.90 Å². The molecule has 1 saturated heterocycles. The van der Waals surface area contributed by atoms with Gasteiger partial charge in [-0.2, -0.15) is 0 Å². The van der Waals surface area contributed by atoms with Gasteiger partial charge >= 0.3 is 0 Å². The molecule has 0 bridgehead atoms. The number of rotatable bonds is 4. The van der Waals surface area contributed by atoms with Crippen LogP contribution in [0.25, 0.3) is 0 Å². The first-order chi connectivity index (χ1) is 12.0. The molecule has 3 rings (SSSR count). The molecule has 1 heterocycles. The summed E-state index contributed by atoms with van der Waals surface area (Å²) in [6.07, 6.45) is -0.593. The summed E-state index contributed by atoms with van der Waals surface area (Å²) in [5.41, 5.74) is 0.612. The first-order valence-electron chi connectivity index (χ1n) is 8.24. The van der Waals surface area contributed by atoms with Gasteiger partial charge in [-0.25, -0.2) is 8.78 Å². The first-order valence-corrected chi connectivity index (χ1v) is 8.24. The third-order valence-corrected chi connectivity index (χ3v) is 4.43. The van der Waals surface area contributed by atoms with Crippen LogP contribution in [0.15, 0.2) is 48.5 Å². The normalized spacial score (nSPS) is 16.7. The highest BCUT2D eigenvalue weighted by molar-refractivity contribution is 5.94. The van der Waals surface area contributed by atoms with Gasteiger partial charge in [-0.3, -0.25) is 9.69 Å². The van der Waals surface area contributed by atoms with Crippen LogP contribution in [0.2, 0.25) is 0 Å². The van der Waals surface area contributed by atoms with Crippen molar-refractivity contribution in [3.63, 3.8) is 0 Å². The Kier molecular flexibility index (Phi) is 5.40. The van der Waals surface area contributed by atoms with Gasteiger partial charge in [0.15, 0.2) is 0 Å². The second kappa shape index (κ2) is 7.72. The standard InChI is InChI=1S/C19H20F2N2O2/c20-15-6-7-17(21)16(12-15)19(25)23-10-8-22(9-11-23)13-18(24)14-4-2-1-3-5-14/h1-7,12,18,24H,8-11,13H2/t18-/m0/s1. The lowest BCUT2D eigenvalue weighted by Gasteiger charge is -2.35. The van der Waals surface area contributed by atoms with Crippen LogP contribution in [-0.2, 0) is 0 Å². The van der Waals surface area contributed by atoms with Gasteiger partial charge < -0.3 is 10.0 Å². The summed E-state index contributed by atoms with van der Waals surface area (Å²) in [7, 11) is 0. The lowest BCUT2D eigenvalue weighted by atomic mass is 10.1. The van der Waals surface area contributed by atoms with Gasteiger partial charge in [-0.05, 0) is 23.8 Å². The van der Waals surface area contributed by atoms with Crippen molar-refractivity contribution in [3.05, 3.63) is 71.3 Å². The number of carbonyl (C=O) groups excluding carboxylic acids is 1. The predicted molar refractivity (Wildman–Crippen MR) is 90.1 cm³/mol. The molecule has 4 nitrogen and oxygen atoms in total. The van der Waals surface area contributed by atoms with Gasteiger partial charge in [0.1, 0.15) is 11.6 Å². The van der Waals surface area contributed by atoms with E-state index in [1.54, 1.807) is 0 Å². The minimum absolute atomic E-state index is 0.238. The molecule has 2 aromatic carbocycles. The smallest absolute Gasteiger partial charge is 0.257 e. The lowest BCUT2D eigenvalue weighted by Crippen LogP contribution is -2.49. The number of aliphatic hydroxyl groups excluding tert-OH is 1. The highest BCUT2D eigenvalue weighted by Crippen LogP contribution is 2.17. The molecule has 1 fully saturated rings. The molecule has 2 aromatic rings. The van der Waals surface area contributed by atoms with Crippen LogP contribution < -0.4 is 0 Å². The molecule has 0 spiro atoms. The molecule has 0 aliphatic carbocycles. The number of benzene rings is 2. The van der Waals surface area contributed by atoms with Crippen molar-refractivity contribution in [3.8, 4) is 0 Å². The van der Waals surface area contributed by atoms with Crippen molar-refractivity contribution in [1.82, 2.24) is 9.80 Å². The van der Waals surface area contributed by atoms with Gasteiger partial charge in [-0.1, -0.05) is 30.3 Å². The zero-order valence-corrected chi connectivity index (χ0v) is 13.7. The molecule has 1 atom stereocenters. The molecule has 0 unspecified atom stereocenters. The molecule has 0 saturated carbocycles. The molecule has 1 aliphatic heterocycles. The van der Waals surface area contributed by atoms with Crippen LogP contribution in [0.3, 0.4) is 0 Å². The molecule has 1 amide bonds. The minimum Gasteiger partial charge on any atom is -0.387 e. The SMILES string of the molecule is O=C(c1cc(F)ccc1F)N1CCN(C[C@H](O)c2ccccc2)CC1. The van der Waals surface area contributed by atoms with Crippen molar-refractivity contribution in [1.29, 1.82) is 0 Å². The van der Waals surface area contributed by atoms with Crippen molar-refractivity contribution in [2.45, 2.75) is 6.10 Å². The maximum absolute atomic E-state index is 13.8. The summed E-state index contributed by atoms with van der Waals surface area (Å²) in [5, 5.41) is 10.3. The first kappa shape index (κ1) is 17.5. The Labute approximate surface area is 145 Å². The highest BCUT2D eigenvalue weighted by atomic mass is 19.1. The van der Waals surface area contributed by atoms with E-state index in [-0.39, 0.29) is 5.56 Å². The number of aliphatic hydroxyl groups is 1. The number of nitrogens with zero attached hydrogens (tertiary/aromatic N) is 2. The van der Waals surface area contributed by atoms with Gasteiger partial charge in [0.05, 0.1) is 11.7 Å². The van der Waals surface area contributed by atoms with E-state index in [0.717, 1.165) is 23.8 Å². The second-order valence-corrected chi connectivity index (χ2v) is 6.14. The number of piperazine rings is 1. The fourth-order valence-electron chi connectivity index (χ4n) is 2.99. The molecule has 0 radical (unpaired) electrons. The number of hydrogen-bond donors (Lipinski definition) is 1. The van der Waals surface area contributed by atoms with Gasteiger partial charge in [0.2, 0.25) is 0 Å². The van der Waals surface area contributed by atoms with Crippen molar-refractivity contribution in [2.24, 2.45) is 0 Å². The average molecular weight is 346 g/mol. The van der Waals surface area contributed by atoms with E-state index in [2.05, 4.69) is 4.90 Å². The monoisotopic (exact) mass is 346 g/mol. The minimum atomic E-state index is -0.715. The van der Waals surface area contributed by atoms with Crippen molar-refractivity contribution in [2.75, 3.05) is 32.7 Å². The number of hydrogen-bond acceptors (Lipinski definition) is 3. The number of halogens is 2. The van der Waals surface area contributed by atoms with E-state index >= 15 is 0 Å². The highest BCUT2D eigenvalue weighted by Gasteiger charge is 2.25. The zero-order valence-electron chi connectivity index (χ0n) is 13.7. The largest absolute Gasteiger partial charge is 0.387 e. The zero-order chi connectivity index (χ0) is 17.8. The fraction of sp³-hybridized carbons (Fsp3) is 0.316. The summed E-state index contributed by atoms with van der Waals surface area (Å²) >= 11 is 0. The van der Waals surface area contributed by atoms with E-state index in [4.69, 9.17) is 0 Å². The van der Waals surface area contributed by atoms with Crippen LogP contribution in [0, 0.1) is 11.6 Å². The Hall–Kier alpha value is -2.31. The van der Waals surface area contributed by atoms with Crippen molar-refractivity contribution < 1.29 is 18.7 Å². The van der Waals surface area contributed by atoms with Crippen LogP contribution in [0.1, 0.15) is 22.0 Å². The molecule has 132 valence electrons. The molecular weight excluding hydrogens is 326 g/mol. The Morgan fingerprint density at radius 2 is 1.72 bits per heavy atom. The number of β-amino-alcohol motifs (C(OH)–C–C–N with tert-alkyl or cyclic N) is 1. The van der Waals surface area contributed by atoms with Gasteiger partial charge in [0.25, 0.3) is 5.91 Å². The lowest BCUT2D eigenvalue weighted by molar-refractivity contribution is 0.0523. The topological polar surface area (TPSA) is 43.8 Å². The van der Waals surface area contributed by atoms with E-state index in [0.29, 0.717) is 32.7 Å². The summed E-state index contributed by atoms with van der Waals surface area (Å²) in [5.74, 6) is -1.84. The van der Waals surface area contributed by atoms with Crippen LogP contribution in [0.4, 0.5) is 8.78 Å². The maximum atomic E-state index is 13.8. The van der Waals surface area contributed by atoms with Gasteiger partial charge in [-0.15, -0.1) is 0 Å². The van der Waals surface area contributed by atoms with Crippen LogP contribution in [0.5, 0.6) is 0 Å². The van der Waals surface area contributed by atoms with E-state index in [9.17, 15) is 18.7 Å². The Morgan fingerprint density at radius 1 is 1.04 bits per heavy atom. The van der Waals surface area contributed by atoms with Crippen LogP contribution in [-0.4, -0.2) is 53.5 Å². The molecule has 1 N–H and O–H groups in total. The predicted octanol–water partition coefficient (Wildman–Crippen LogP) is 2.46. The van der Waals surface area contributed by atoms with E-state index in [1.807, 2.05) is 30.3 Å². The second-order valence-electron chi connectivity index (χ2n) is 6.14. The Balaban J connectivity index is 1.56. The Morgan fingerprint density at radius 3 is 2.40 bits per heavy atom. The average Bonchev–Trinajstić information content (AvgIpc) is 2.64. The Bertz CT molecular complexity index is 731. The molecular formula is C19H20F2N2O2. The molecule has 25 heavy (non-hydrogen) atoms.